The molecule has 1 spiro atoms. The molecule has 0 N–H and O–H groups in total. The summed E-state index contributed by atoms with van der Waals surface area (Å²) < 4.78 is 0. The fourth-order valence-electron chi connectivity index (χ4n) is 10.8. The molecule has 8 aromatic carbocycles. The van der Waals surface area contributed by atoms with Crippen LogP contribution in [0.5, 0.6) is 0 Å². The minimum atomic E-state index is -0.472. The summed E-state index contributed by atoms with van der Waals surface area (Å²) in [4.78, 5) is 18.0. The average Bonchev–Trinajstić information content (AvgIpc) is 3.55. The highest BCUT2D eigenvalue weighted by molar-refractivity contribution is 7.99. The van der Waals surface area contributed by atoms with Crippen LogP contribution in [0.25, 0.3) is 56.4 Å². The van der Waals surface area contributed by atoms with E-state index in [2.05, 4.69) is 198 Å². The number of aromatic nitrogens is 3. The Bertz CT molecular complexity index is 3220. The number of fused-ring (bicyclic) bond motifs is 11. The Morgan fingerprint density at radius 1 is 0.306 bits per heavy atom. The third-order valence-corrected chi connectivity index (χ3v) is 15.0. The first kappa shape index (κ1) is 36.9. The Morgan fingerprint density at radius 3 is 1.42 bits per heavy atom. The minimum Gasteiger partial charge on any atom is -0.208 e. The number of nitrogens with zero attached hydrogens (tertiary/aromatic N) is 3. The maximum absolute atomic E-state index is 5.19. The van der Waals surface area contributed by atoms with Gasteiger partial charge in [-0.25, -0.2) is 15.0 Å². The first-order chi connectivity index (χ1) is 30.2. The molecule has 296 valence electrons. The summed E-state index contributed by atoms with van der Waals surface area (Å²) >= 11 is 1.88. The minimum absolute atomic E-state index is 0.130. The molecule has 2 heterocycles. The predicted octanol–water partition coefficient (Wildman–Crippen LogP) is 14.3. The van der Waals surface area contributed by atoms with E-state index in [9.17, 15) is 0 Å². The molecular weight excluding hydrogens is 771 g/mol. The fraction of sp³-hybridized carbons (Fsp3) is 0.121. The van der Waals surface area contributed by atoms with Crippen LogP contribution in [0.3, 0.4) is 0 Å². The molecule has 0 amide bonds. The van der Waals surface area contributed by atoms with Crippen LogP contribution in [-0.2, 0) is 16.2 Å². The van der Waals surface area contributed by atoms with Crippen LogP contribution in [0, 0.1) is 0 Å². The van der Waals surface area contributed by atoms with Crippen molar-refractivity contribution in [3.8, 4) is 56.4 Å². The van der Waals surface area contributed by atoms with Crippen molar-refractivity contribution >= 4 is 11.8 Å². The van der Waals surface area contributed by atoms with Crippen molar-refractivity contribution in [2.75, 3.05) is 0 Å². The summed E-state index contributed by atoms with van der Waals surface area (Å²) in [5, 5.41) is 0. The molecule has 9 aromatic rings. The summed E-state index contributed by atoms with van der Waals surface area (Å²) in [6.07, 6.45) is 0. The molecule has 0 atom stereocenters. The molecule has 0 unspecified atom stereocenters. The SMILES string of the molecule is CC1(C)c2ccccc2-c2ccc(-c3nc(-c4ccccc4)nc(-c4ccc(-c5ccc6c(c5)C5(c7ccccc7S6)c6ccccc6C(C)(C)c6ccccc65)cc4)n3)cc21. The van der Waals surface area contributed by atoms with Crippen molar-refractivity contribution in [2.24, 2.45) is 0 Å². The van der Waals surface area contributed by atoms with Gasteiger partial charge in [-0.1, -0.05) is 203 Å². The fourth-order valence-corrected chi connectivity index (χ4v) is 12.0. The molecule has 2 aliphatic carbocycles. The number of hydrogen-bond donors (Lipinski definition) is 0. The van der Waals surface area contributed by atoms with Crippen LogP contribution < -0.4 is 0 Å². The van der Waals surface area contributed by atoms with Crippen molar-refractivity contribution in [3.63, 3.8) is 0 Å². The highest BCUT2D eigenvalue weighted by Crippen LogP contribution is 2.62. The van der Waals surface area contributed by atoms with Crippen LogP contribution in [-0.4, -0.2) is 15.0 Å². The lowest BCUT2D eigenvalue weighted by Gasteiger charge is -2.50. The van der Waals surface area contributed by atoms with Crippen molar-refractivity contribution < 1.29 is 0 Å². The highest BCUT2D eigenvalue weighted by Gasteiger charge is 2.52. The van der Waals surface area contributed by atoms with Crippen molar-refractivity contribution in [1.82, 2.24) is 15.0 Å². The number of rotatable bonds is 4. The summed E-state index contributed by atoms with van der Waals surface area (Å²) in [6.45, 7) is 9.38. The topological polar surface area (TPSA) is 38.7 Å². The quantitative estimate of drug-likeness (QED) is 0.177. The summed E-state index contributed by atoms with van der Waals surface area (Å²) in [6, 6.07) is 68.9. The molecule has 0 saturated heterocycles. The van der Waals surface area contributed by atoms with E-state index in [1.54, 1.807) is 0 Å². The molecule has 0 bridgehead atoms. The van der Waals surface area contributed by atoms with Gasteiger partial charge >= 0.3 is 0 Å². The normalized spacial score (nSPS) is 15.4. The van der Waals surface area contributed by atoms with Gasteiger partial charge in [0.25, 0.3) is 0 Å². The number of benzene rings is 8. The van der Waals surface area contributed by atoms with Gasteiger partial charge in [-0.2, -0.15) is 0 Å². The zero-order chi connectivity index (χ0) is 41.8. The van der Waals surface area contributed by atoms with E-state index in [1.165, 1.54) is 71.0 Å². The molecular formula is C58H43N3S. The lowest BCUT2D eigenvalue weighted by atomic mass is 9.54. The van der Waals surface area contributed by atoms with E-state index in [-0.39, 0.29) is 10.8 Å². The van der Waals surface area contributed by atoms with Gasteiger partial charge in [0.2, 0.25) is 0 Å². The van der Waals surface area contributed by atoms with Gasteiger partial charge in [-0.3, -0.25) is 0 Å². The summed E-state index contributed by atoms with van der Waals surface area (Å²) in [7, 11) is 0. The molecule has 3 aliphatic rings. The van der Waals surface area contributed by atoms with Crippen molar-refractivity contribution in [2.45, 2.75) is 53.7 Å². The van der Waals surface area contributed by atoms with Crippen LogP contribution >= 0.6 is 11.8 Å². The van der Waals surface area contributed by atoms with Crippen LogP contribution in [0.2, 0.25) is 0 Å². The Hall–Kier alpha value is -6.88. The summed E-state index contributed by atoms with van der Waals surface area (Å²) in [5.74, 6) is 1.98. The van der Waals surface area contributed by atoms with E-state index in [1.807, 2.05) is 30.0 Å². The Balaban J connectivity index is 0.982. The van der Waals surface area contributed by atoms with Crippen LogP contribution in [0.1, 0.15) is 72.2 Å². The molecule has 1 aromatic heterocycles. The predicted molar refractivity (Wildman–Crippen MR) is 254 cm³/mol. The van der Waals surface area contributed by atoms with E-state index in [4.69, 9.17) is 15.0 Å². The van der Waals surface area contributed by atoms with Gasteiger partial charge in [0, 0.05) is 37.3 Å². The largest absolute Gasteiger partial charge is 0.208 e. The van der Waals surface area contributed by atoms with Gasteiger partial charge < -0.3 is 0 Å². The maximum atomic E-state index is 5.19. The molecule has 4 heteroatoms. The van der Waals surface area contributed by atoms with Crippen molar-refractivity contribution in [3.05, 3.63) is 233 Å². The van der Waals surface area contributed by atoms with Gasteiger partial charge in [0.1, 0.15) is 0 Å². The molecule has 0 saturated carbocycles. The first-order valence-electron chi connectivity index (χ1n) is 21.5. The lowest BCUT2D eigenvalue weighted by molar-refractivity contribution is 0.549. The second-order valence-corrected chi connectivity index (χ2v) is 19.0. The molecule has 12 rings (SSSR count). The van der Waals surface area contributed by atoms with E-state index < -0.39 is 5.41 Å². The number of hydrogen-bond acceptors (Lipinski definition) is 4. The molecule has 1 aliphatic heterocycles. The molecule has 62 heavy (non-hydrogen) atoms. The Morgan fingerprint density at radius 2 is 0.742 bits per heavy atom. The molecule has 0 fully saturated rings. The monoisotopic (exact) mass is 813 g/mol. The van der Waals surface area contributed by atoms with E-state index in [0.29, 0.717) is 17.5 Å². The Labute approximate surface area is 367 Å². The van der Waals surface area contributed by atoms with Gasteiger partial charge in [-0.05, 0) is 91.0 Å². The molecule has 3 nitrogen and oxygen atoms in total. The van der Waals surface area contributed by atoms with Crippen LogP contribution in [0.4, 0.5) is 0 Å². The van der Waals surface area contributed by atoms with Gasteiger partial charge in [0.05, 0.1) is 5.41 Å². The third kappa shape index (κ3) is 5.29. The van der Waals surface area contributed by atoms with E-state index in [0.717, 1.165) is 22.3 Å². The maximum Gasteiger partial charge on any atom is 0.164 e. The first-order valence-corrected chi connectivity index (χ1v) is 22.3. The summed E-state index contributed by atoms with van der Waals surface area (Å²) in [5.41, 5.74) is 17.8. The van der Waals surface area contributed by atoms with Gasteiger partial charge in [-0.15, -0.1) is 0 Å². The highest BCUT2D eigenvalue weighted by atomic mass is 32.2. The lowest BCUT2D eigenvalue weighted by Crippen LogP contribution is -2.43. The van der Waals surface area contributed by atoms with Crippen LogP contribution in [0.15, 0.2) is 198 Å². The zero-order valence-electron chi connectivity index (χ0n) is 35.1. The van der Waals surface area contributed by atoms with E-state index >= 15 is 0 Å². The average molecular weight is 814 g/mol. The van der Waals surface area contributed by atoms with Crippen molar-refractivity contribution in [1.29, 1.82) is 0 Å². The third-order valence-electron chi connectivity index (χ3n) is 13.9. The second kappa shape index (κ2) is 13.6. The standard InChI is InChI=1S/C58H43N3S/c1-56(2)43-19-9-8-18-41(43)42-32-30-40(35-49(42)56)55-60-53(37-16-6-5-7-17-37)59-54(61-55)38-28-26-36(27-29-38)39-31-33-52-50(34-39)58(48-24-14-15-25-51(48)62-52)46-22-12-10-20-44(46)57(3,4)45-21-11-13-23-47(45)58/h5-35H,1-4H3. The smallest absolute Gasteiger partial charge is 0.164 e. The second-order valence-electron chi connectivity index (χ2n) is 18.0. The zero-order valence-corrected chi connectivity index (χ0v) is 36.0. The Kier molecular flexibility index (Phi) is 8.08. The van der Waals surface area contributed by atoms with Gasteiger partial charge in [0.15, 0.2) is 17.5 Å². The molecule has 0 radical (unpaired) electrons.